The summed E-state index contributed by atoms with van der Waals surface area (Å²) in [7, 11) is -10.6. The van der Waals surface area contributed by atoms with Crippen LogP contribution in [0.3, 0.4) is 0 Å². The maximum absolute atomic E-state index is 14.3. The first kappa shape index (κ1) is 49.0. The van der Waals surface area contributed by atoms with Crippen molar-refractivity contribution < 1.29 is 53.9 Å². The minimum absolute atomic E-state index is 0.194. The van der Waals surface area contributed by atoms with Crippen LogP contribution in [0.25, 0.3) is 0 Å². The topological polar surface area (TPSA) is 255 Å². The molecule has 9 N–H and O–H groups in total. The number of rotatable bonds is 21. The fraction of sp³-hybridized carbons (Fsp3) is 0.657. The number of nitrogens with two attached hydrogens (primary N) is 1. The summed E-state index contributed by atoms with van der Waals surface area (Å²) in [6.45, 7) is 21.9. The predicted octanol–water partition coefficient (Wildman–Crippen LogP) is 1.48. The highest BCUT2D eigenvalue weighted by Crippen LogP contribution is 2.36. The van der Waals surface area contributed by atoms with E-state index in [1.54, 1.807) is 77.1 Å². The maximum Gasteiger partial charge on any atom is 0.339 e. The van der Waals surface area contributed by atoms with Crippen LogP contribution in [0, 0.1) is 0 Å². The number of aliphatic hydroxyl groups excluding tert-OH is 2. The number of hydrogen-bond donors (Lipinski definition) is 8. The summed E-state index contributed by atoms with van der Waals surface area (Å²) >= 11 is 0. The summed E-state index contributed by atoms with van der Waals surface area (Å²) in [5.74, 6) is -5.57. The molecular formula is C35H64N4O11Si4. The Kier molecular flexibility index (Phi) is 16.6. The van der Waals surface area contributed by atoms with Crippen molar-refractivity contribution in [3.8, 4) is 0 Å². The summed E-state index contributed by atoms with van der Waals surface area (Å²) in [6.07, 6.45) is -3.90. The molecule has 0 fully saturated rings. The van der Waals surface area contributed by atoms with Gasteiger partial charge in [0, 0.05) is 13.6 Å². The van der Waals surface area contributed by atoms with E-state index in [1.807, 2.05) is 19.6 Å². The molecule has 1 rings (SSSR count). The average molecular weight is 829 g/mol. The lowest BCUT2D eigenvalue weighted by atomic mass is 9.94. The molecule has 0 radical (unpaired) electrons. The summed E-state index contributed by atoms with van der Waals surface area (Å²) in [5, 5.41) is 50.6. The number of aliphatic hydroxyl groups is 3. The SMILES string of the molecule is CC(NC(=O)CO[C@H]([C@@H](NC(=O)c1ccccc1)C(=O)[Si](C)(C)C)[C@](O)([C@H](O)C(O)[Si](C)(C)C)[Si](C)(C)C)C(=O)NC(CC[Si](C)(C)C)(C(N)=O)C(=O)O. The number of primary amides is 1. The second-order valence-corrected chi connectivity index (χ2v) is 39.6. The van der Waals surface area contributed by atoms with Crippen molar-refractivity contribution in [2.45, 2.75) is 139 Å². The predicted molar refractivity (Wildman–Crippen MR) is 218 cm³/mol. The summed E-state index contributed by atoms with van der Waals surface area (Å²) in [4.78, 5) is 79.4. The number of carbonyl (C=O) groups excluding carboxylic acids is 5. The van der Waals surface area contributed by atoms with E-state index < -0.39 is 115 Å². The summed E-state index contributed by atoms with van der Waals surface area (Å²) < 4.78 is 6.14. The Bertz CT molecular complexity index is 1510. The Morgan fingerprint density at radius 2 is 1.37 bits per heavy atom. The standard InChI is InChI=1S/C35H64N4O11Si4/c1-22(28(42)39-34(32(36)46,33(47)48)19-20-51(2,3)4)37-24(40)21-50-27(35(49,54(11,12)13)26(41)31(45)53(8,9)10)25(30(44)52(5,6)7)38-29(43)23-17-15-14-16-18-23/h14-18,22,25-27,31,41,45,49H,19-21H2,1-13H3,(H2,36,46)(H,37,40)(H,38,43)(H,39,42)(H,47,48)/t22?,25-,26-,27-,31?,34?,35+/m1/s1. The van der Waals surface area contributed by atoms with Crippen LogP contribution < -0.4 is 21.7 Å². The van der Waals surface area contributed by atoms with Gasteiger partial charge in [-0.2, -0.15) is 0 Å². The zero-order chi connectivity index (χ0) is 42.4. The molecule has 15 nitrogen and oxygen atoms in total. The number of hydrogen-bond acceptors (Lipinski definition) is 10. The average Bonchev–Trinajstić information content (AvgIpc) is 3.02. The van der Waals surface area contributed by atoms with Crippen LogP contribution in [0.1, 0.15) is 23.7 Å². The van der Waals surface area contributed by atoms with E-state index in [0.29, 0.717) is 6.04 Å². The fourth-order valence-corrected chi connectivity index (χ4v) is 11.5. The quantitative estimate of drug-likeness (QED) is 0.0651. The van der Waals surface area contributed by atoms with E-state index in [9.17, 15) is 49.2 Å². The molecule has 1 aromatic carbocycles. The van der Waals surface area contributed by atoms with Gasteiger partial charge in [0.1, 0.15) is 49.6 Å². The Morgan fingerprint density at radius 3 is 1.78 bits per heavy atom. The first-order chi connectivity index (χ1) is 24.2. The third-order valence-corrected chi connectivity index (χ3v) is 18.1. The highest BCUT2D eigenvalue weighted by molar-refractivity contribution is 7.04. The van der Waals surface area contributed by atoms with E-state index in [4.69, 9.17) is 10.5 Å². The number of nitrogens with one attached hydrogen (secondary N) is 3. The second kappa shape index (κ2) is 18.3. The lowest BCUT2D eigenvalue weighted by molar-refractivity contribution is -0.162. The number of aliphatic carboxylic acids is 1. The van der Waals surface area contributed by atoms with E-state index >= 15 is 0 Å². The molecule has 3 unspecified atom stereocenters. The van der Waals surface area contributed by atoms with Gasteiger partial charge in [-0.1, -0.05) is 103 Å². The first-order valence-electron chi connectivity index (χ1n) is 18.0. The number of benzene rings is 1. The molecular weight excluding hydrogens is 765 g/mol. The Hall–Kier alpha value is -3.05. The number of carboxylic acids is 1. The fourth-order valence-electron chi connectivity index (χ4n) is 5.70. The lowest BCUT2D eigenvalue weighted by Gasteiger charge is -2.52. The molecule has 4 amide bonds. The van der Waals surface area contributed by atoms with Crippen molar-refractivity contribution in [3.05, 3.63) is 35.9 Å². The molecule has 0 aliphatic heterocycles. The Morgan fingerprint density at radius 1 is 0.852 bits per heavy atom. The molecule has 19 heteroatoms. The summed E-state index contributed by atoms with van der Waals surface area (Å²) in [6, 6.07) is 5.33. The molecule has 0 spiro atoms. The lowest BCUT2D eigenvalue weighted by Crippen LogP contribution is -2.77. The number of ether oxygens (including phenoxy) is 1. The third-order valence-electron chi connectivity index (χ3n) is 9.46. The van der Waals surface area contributed by atoms with Crippen LogP contribution in [0.15, 0.2) is 30.3 Å². The van der Waals surface area contributed by atoms with Gasteiger partial charge in [-0.25, -0.2) is 4.79 Å². The van der Waals surface area contributed by atoms with Crippen molar-refractivity contribution in [2.75, 3.05) is 6.61 Å². The number of amides is 4. The van der Waals surface area contributed by atoms with Gasteiger partial charge in [0.25, 0.3) is 11.8 Å². The molecule has 0 aliphatic carbocycles. The molecule has 1 aromatic rings. The van der Waals surface area contributed by atoms with Gasteiger partial charge in [-0.3, -0.25) is 19.2 Å². The van der Waals surface area contributed by atoms with Gasteiger partial charge >= 0.3 is 5.97 Å². The molecule has 306 valence electrons. The monoisotopic (exact) mass is 828 g/mol. The Balaban J connectivity index is 3.72. The van der Waals surface area contributed by atoms with Crippen LogP contribution in [-0.2, 0) is 28.7 Å². The van der Waals surface area contributed by atoms with Gasteiger partial charge < -0.3 is 51.6 Å². The zero-order valence-corrected chi connectivity index (χ0v) is 38.1. The van der Waals surface area contributed by atoms with Crippen LogP contribution in [-0.4, -0.2) is 135 Å². The minimum Gasteiger partial charge on any atom is -0.479 e. The Labute approximate surface area is 323 Å². The normalized spacial score (nSPS) is 17.7. The van der Waals surface area contributed by atoms with Crippen molar-refractivity contribution in [1.82, 2.24) is 16.0 Å². The van der Waals surface area contributed by atoms with Gasteiger partial charge in [0.05, 0.1) is 21.9 Å². The smallest absolute Gasteiger partial charge is 0.339 e. The van der Waals surface area contributed by atoms with Gasteiger partial charge in [-0.05, 0) is 25.5 Å². The van der Waals surface area contributed by atoms with Gasteiger partial charge in [0.2, 0.25) is 17.4 Å². The number of carboxylic acid groups (broad SMARTS) is 1. The highest BCUT2D eigenvalue weighted by atomic mass is 28.3. The molecule has 54 heavy (non-hydrogen) atoms. The van der Waals surface area contributed by atoms with Crippen molar-refractivity contribution in [3.63, 3.8) is 0 Å². The van der Waals surface area contributed by atoms with Crippen molar-refractivity contribution >= 4 is 67.3 Å². The first-order valence-corrected chi connectivity index (χ1v) is 32.3. The van der Waals surface area contributed by atoms with Crippen molar-refractivity contribution in [1.29, 1.82) is 0 Å². The minimum atomic E-state index is -3.21. The molecule has 0 saturated carbocycles. The highest BCUT2D eigenvalue weighted by Gasteiger charge is 2.61. The van der Waals surface area contributed by atoms with Gasteiger partial charge in [0.15, 0.2) is 0 Å². The van der Waals surface area contributed by atoms with Crippen LogP contribution >= 0.6 is 0 Å². The number of carbonyl (C=O) groups is 6. The summed E-state index contributed by atoms with van der Waals surface area (Å²) in [5.41, 5.74) is 1.84. The molecule has 0 aliphatic rings. The van der Waals surface area contributed by atoms with Crippen LogP contribution in [0.2, 0.25) is 84.6 Å². The van der Waals surface area contributed by atoms with E-state index in [2.05, 4.69) is 16.0 Å². The largest absolute Gasteiger partial charge is 0.479 e. The molecule has 7 atom stereocenters. The van der Waals surface area contributed by atoms with Crippen LogP contribution in [0.4, 0.5) is 0 Å². The third kappa shape index (κ3) is 12.5. The molecule has 0 heterocycles. The zero-order valence-electron chi connectivity index (χ0n) is 34.1. The van der Waals surface area contributed by atoms with E-state index in [-0.39, 0.29) is 12.0 Å². The molecule has 0 saturated heterocycles. The molecule has 0 aromatic heterocycles. The van der Waals surface area contributed by atoms with E-state index in [0.717, 1.165) is 0 Å². The van der Waals surface area contributed by atoms with Crippen molar-refractivity contribution in [2.24, 2.45) is 5.73 Å². The van der Waals surface area contributed by atoms with Crippen LogP contribution in [0.5, 0.6) is 0 Å². The van der Waals surface area contributed by atoms with E-state index in [1.165, 1.54) is 19.1 Å². The molecule has 0 bridgehead atoms. The maximum atomic E-state index is 14.3. The second-order valence-electron chi connectivity index (χ2n) is 18.4. The van der Waals surface area contributed by atoms with Gasteiger partial charge in [-0.15, -0.1) is 0 Å².